The minimum Gasteiger partial charge on any atom is 0 e. The van der Waals surface area contributed by atoms with E-state index in [0.29, 0.717) is 5.92 Å². The zero-order valence-corrected chi connectivity index (χ0v) is 35.4. The molecule has 6 heteroatoms. The number of allylic oxidation sites excluding steroid dienone is 2. The molecule has 0 amide bonds. The first-order valence-electron chi connectivity index (χ1n) is 17.3. The summed E-state index contributed by atoms with van der Waals surface area (Å²) >= 11 is -0.438. The first-order chi connectivity index (χ1) is 22.5. The van der Waals surface area contributed by atoms with Gasteiger partial charge in [0.15, 0.2) is 5.78 Å². The van der Waals surface area contributed by atoms with Gasteiger partial charge in [0.2, 0.25) is 0 Å². The molecule has 2 heterocycles. The minimum atomic E-state index is -2.41. The van der Waals surface area contributed by atoms with E-state index >= 15 is 0 Å². The number of aryl methyl sites for hydroxylation is 1. The van der Waals surface area contributed by atoms with E-state index in [1.165, 1.54) is 42.5 Å². The van der Waals surface area contributed by atoms with E-state index in [2.05, 4.69) is 105 Å². The summed E-state index contributed by atoms with van der Waals surface area (Å²) in [5.41, 5.74) is 4.98. The number of hydrogen-bond donors (Lipinski definition) is 1. The number of fused-ring (bicyclic) bond motifs is 2. The molecule has 0 saturated carbocycles. The summed E-state index contributed by atoms with van der Waals surface area (Å²) in [7, 11) is 0. The van der Waals surface area contributed by atoms with Gasteiger partial charge in [0.25, 0.3) is 0 Å². The van der Waals surface area contributed by atoms with Crippen molar-refractivity contribution < 1.29 is 30.0 Å². The zero-order chi connectivity index (χ0) is 34.3. The van der Waals surface area contributed by atoms with Crippen molar-refractivity contribution in [3.8, 4) is 11.3 Å². The van der Waals surface area contributed by atoms with Crippen molar-refractivity contribution in [2.75, 3.05) is 0 Å². The van der Waals surface area contributed by atoms with E-state index in [1.54, 1.807) is 3.71 Å². The summed E-state index contributed by atoms with van der Waals surface area (Å²) in [6.07, 6.45) is 6.88. The van der Waals surface area contributed by atoms with Crippen LogP contribution in [0.15, 0.2) is 84.8 Å². The molecule has 48 heavy (non-hydrogen) atoms. The molecular formula is C42H52GeIrNO2S-. The zero-order valence-electron chi connectivity index (χ0n) is 30.1. The van der Waals surface area contributed by atoms with Gasteiger partial charge in [-0.2, -0.15) is 0 Å². The van der Waals surface area contributed by atoms with Gasteiger partial charge in [-0.15, -0.1) is 0 Å². The molecular weight excluding hydrogens is 847 g/mol. The van der Waals surface area contributed by atoms with Crippen molar-refractivity contribution in [3.05, 3.63) is 102 Å². The Bertz CT molecular complexity index is 1840. The third-order valence-electron chi connectivity index (χ3n) is 9.68. The van der Waals surface area contributed by atoms with E-state index < -0.39 is 13.3 Å². The monoisotopic (exact) mass is 901 g/mol. The number of aliphatic hydroxyl groups is 1. The Hall–Kier alpha value is -2.57. The van der Waals surface area contributed by atoms with Crippen LogP contribution >= 0.6 is 11.3 Å². The van der Waals surface area contributed by atoms with E-state index in [4.69, 9.17) is 4.98 Å². The fourth-order valence-electron chi connectivity index (χ4n) is 6.56. The van der Waals surface area contributed by atoms with Crippen LogP contribution in [0.3, 0.4) is 0 Å². The van der Waals surface area contributed by atoms with Crippen LogP contribution in [0.5, 0.6) is 0 Å². The molecule has 2 aromatic heterocycles. The second-order valence-electron chi connectivity index (χ2n) is 13.4. The Kier molecular flexibility index (Phi) is 14.9. The van der Waals surface area contributed by atoms with E-state index in [1.807, 2.05) is 45.2 Å². The molecule has 0 aliphatic rings. The summed E-state index contributed by atoms with van der Waals surface area (Å²) in [5, 5.41) is 13.6. The van der Waals surface area contributed by atoms with Crippen LogP contribution in [0, 0.1) is 24.8 Å². The molecule has 3 nitrogen and oxygen atoms in total. The van der Waals surface area contributed by atoms with Gasteiger partial charge in [-0.25, -0.2) is 0 Å². The topological polar surface area (TPSA) is 50.2 Å². The van der Waals surface area contributed by atoms with Gasteiger partial charge < -0.3 is 5.11 Å². The molecule has 0 fully saturated rings. The fraction of sp³-hybridized carbons (Fsp3) is 0.381. The Morgan fingerprint density at radius 3 is 2.10 bits per heavy atom. The maximum atomic E-state index is 11.7. The standard InChI is InChI=1S/C29H28GeNS.C13H24O2.Ir/c1-19(2)26-18-22(17-21-11-9-10-14-25(21)26)27-28-24(15-16-31-27)20(3)29(32-28)30(4,5)23-12-7-6-8-13-23;1-5-10(6-2)12(14)9-13(15)11(7-3)8-4;/h6-16,18-19H,1-5H3;9-11,14H,5-8H2,1-4H3;/q-1;;/b;12-9-;. The van der Waals surface area contributed by atoms with Crippen LogP contribution in [-0.2, 0) is 24.9 Å². The van der Waals surface area contributed by atoms with Crippen LogP contribution in [-0.4, -0.2) is 29.1 Å². The number of carbonyl (C=O) groups is 1. The largest absolute Gasteiger partial charge is 0 e. The normalized spacial score (nSPS) is 12.0. The Balaban J connectivity index is 0.000000334. The minimum absolute atomic E-state index is 0. The van der Waals surface area contributed by atoms with Crippen molar-refractivity contribution in [2.45, 2.75) is 91.6 Å². The molecule has 257 valence electrons. The predicted molar refractivity (Wildman–Crippen MR) is 207 cm³/mol. The predicted octanol–water partition coefficient (Wildman–Crippen LogP) is 11.0. The molecule has 3 aromatic carbocycles. The second-order valence-corrected chi connectivity index (χ2v) is 24.3. The quantitative estimate of drug-likeness (QED) is 0.0622. The maximum Gasteiger partial charge on any atom is 0 e. The number of benzene rings is 3. The van der Waals surface area contributed by atoms with Gasteiger partial charge >= 0.3 is 198 Å². The van der Waals surface area contributed by atoms with Crippen molar-refractivity contribution in [1.29, 1.82) is 0 Å². The molecule has 0 aliphatic carbocycles. The van der Waals surface area contributed by atoms with E-state index in [0.717, 1.165) is 36.9 Å². The molecule has 0 aliphatic heterocycles. The molecule has 0 bridgehead atoms. The molecule has 5 aromatic rings. The maximum absolute atomic E-state index is 11.7. The summed E-state index contributed by atoms with van der Waals surface area (Å²) < 4.78 is 4.41. The van der Waals surface area contributed by atoms with Crippen molar-refractivity contribution in [3.63, 3.8) is 0 Å². The van der Waals surface area contributed by atoms with Gasteiger partial charge in [-0.1, -0.05) is 27.7 Å². The summed E-state index contributed by atoms with van der Waals surface area (Å²) in [5.74, 6) is 6.02. The van der Waals surface area contributed by atoms with Gasteiger partial charge in [-0.3, -0.25) is 4.79 Å². The molecule has 1 radical (unpaired) electrons. The smallest absolute Gasteiger partial charge is 0 e. The molecule has 0 atom stereocenters. The molecule has 0 spiro atoms. The number of carbonyl (C=O) groups excluding carboxylic acids is 1. The van der Waals surface area contributed by atoms with E-state index in [9.17, 15) is 9.90 Å². The molecule has 5 rings (SSSR count). The SMILES string of the molecule is CCC(CC)C(=O)/C=C(\O)C(CC)CC.Cc1[c]([Ge]([CH3])([CH3])[c]2ccccc2)sc2c(-c3[c-]c4ccccc4c(C(C)C)c3)nccc12.[Ir]. The van der Waals surface area contributed by atoms with Crippen LogP contribution in [0.2, 0.25) is 11.5 Å². The third kappa shape index (κ3) is 8.77. The first-order valence-corrected chi connectivity index (χ1v) is 24.4. The first kappa shape index (κ1) is 39.9. The Labute approximate surface area is 309 Å². The van der Waals surface area contributed by atoms with Crippen molar-refractivity contribution in [1.82, 2.24) is 4.98 Å². The average Bonchev–Trinajstić information content (AvgIpc) is 3.43. The van der Waals surface area contributed by atoms with Crippen molar-refractivity contribution in [2.24, 2.45) is 11.8 Å². The molecule has 0 unspecified atom stereocenters. The van der Waals surface area contributed by atoms with Gasteiger partial charge in [0.05, 0.1) is 5.76 Å². The van der Waals surface area contributed by atoms with Gasteiger partial charge in [0.1, 0.15) is 0 Å². The van der Waals surface area contributed by atoms with Crippen LogP contribution in [0.4, 0.5) is 0 Å². The van der Waals surface area contributed by atoms with Gasteiger partial charge in [0, 0.05) is 38.0 Å². The summed E-state index contributed by atoms with van der Waals surface area (Å²) in [4.78, 5) is 16.6. The van der Waals surface area contributed by atoms with Gasteiger partial charge in [-0.05, 0) is 25.7 Å². The number of hydrogen-bond acceptors (Lipinski definition) is 4. The fourth-order valence-corrected chi connectivity index (χ4v) is 15.7. The molecule has 0 saturated heterocycles. The van der Waals surface area contributed by atoms with Crippen molar-refractivity contribution >= 4 is 59.4 Å². The Morgan fingerprint density at radius 2 is 1.50 bits per heavy atom. The number of ketones is 1. The number of pyridine rings is 1. The molecule has 1 N–H and O–H groups in total. The number of aliphatic hydroxyl groups excluding tert-OH is 1. The summed E-state index contributed by atoms with van der Waals surface area (Å²) in [6, 6.07) is 27.9. The number of rotatable bonds is 11. The average molecular weight is 900 g/mol. The van der Waals surface area contributed by atoms with Crippen LogP contribution < -0.4 is 8.11 Å². The summed E-state index contributed by atoms with van der Waals surface area (Å²) in [6.45, 7) is 14.9. The van der Waals surface area contributed by atoms with E-state index in [-0.39, 0.29) is 43.5 Å². The second kappa shape index (κ2) is 17.9. The Morgan fingerprint density at radius 1 is 0.896 bits per heavy atom. The van der Waals surface area contributed by atoms with Crippen LogP contribution in [0.25, 0.3) is 32.1 Å². The third-order valence-corrected chi connectivity index (χ3v) is 21.0. The van der Waals surface area contributed by atoms with Crippen LogP contribution in [0.1, 0.15) is 84.3 Å². The number of thiophene rings is 1. The number of aromatic nitrogens is 1. The number of nitrogens with zero attached hydrogens (tertiary/aromatic N) is 1.